The van der Waals surface area contributed by atoms with Crippen molar-refractivity contribution in [2.45, 2.75) is 44.6 Å². The van der Waals surface area contributed by atoms with Gasteiger partial charge in [-0.05, 0) is 50.3 Å². The van der Waals surface area contributed by atoms with Crippen molar-refractivity contribution in [1.29, 1.82) is 0 Å². The van der Waals surface area contributed by atoms with Crippen molar-refractivity contribution in [2.75, 3.05) is 23.0 Å². The fourth-order valence-corrected chi connectivity index (χ4v) is 6.70. The normalized spacial score (nSPS) is 22.2. The van der Waals surface area contributed by atoms with Crippen LogP contribution in [0.15, 0.2) is 30.3 Å². The Morgan fingerprint density at radius 3 is 2.71 bits per heavy atom. The summed E-state index contributed by atoms with van der Waals surface area (Å²) in [5, 5.41) is 5.44. The molecule has 31 heavy (non-hydrogen) atoms. The Balaban J connectivity index is 1.51. The zero-order valence-electron chi connectivity index (χ0n) is 17.4. The molecule has 7 nitrogen and oxygen atoms in total. The largest absolute Gasteiger partial charge is 0.308 e. The van der Waals surface area contributed by atoms with E-state index in [-0.39, 0.29) is 23.5 Å². The average molecular weight is 437 g/mol. The summed E-state index contributed by atoms with van der Waals surface area (Å²) in [7, 11) is -3.05. The number of rotatable bonds is 3. The third kappa shape index (κ3) is 3.07. The standard InChI is InChI=1S/C23H24N4O3S/c1-14-21-18(23(28)26-10-8-16-4-2-3-5-20(16)26)12-19(15-6-7-15)24-22(21)27(25-14)17-9-11-31(29,30)13-17/h2-5,12,15,17H,6-11,13H2,1H3/t17-/m1/s1. The fourth-order valence-electron chi connectivity index (χ4n) is 5.01. The molecule has 2 aromatic heterocycles. The number of anilines is 1. The molecular formula is C23H24N4O3S. The molecule has 0 unspecified atom stereocenters. The highest BCUT2D eigenvalue weighted by molar-refractivity contribution is 7.91. The number of sulfone groups is 1. The second kappa shape index (κ2) is 6.63. The molecule has 1 aliphatic carbocycles. The van der Waals surface area contributed by atoms with Crippen molar-refractivity contribution < 1.29 is 13.2 Å². The minimum absolute atomic E-state index is 0.0269. The maximum Gasteiger partial charge on any atom is 0.259 e. The first-order valence-corrected chi connectivity index (χ1v) is 12.7. The molecule has 8 heteroatoms. The van der Waals surface area contributed by atoms with Crippen LogP contribution >= 0.6 is 0 Å². The highest BCUT2D eigenvalue weighted by Gasteiger charge is 2.35. The number of carbonyl (C=O) groups excluding carboxylic acids is 1. The summed E-state index contributed by atoms with van der Waals surface area (Å²) >= 11 is 0. The van der Waals surface area contributed by atoms with Gasteiger partial charge in [0.15, 0.2) is 15.5 Å². The third-order valence-corrected chi connectivity index (χ3v) is 8.52. The summed E-state index contributed by atoms with van der Waals surface area (Å²) < 4.78 is 25.9. The van der Waals surface area contributed by atoms with E-state index in [0.29, 0.717) is 30.1 Å². The van der Waals surface area contributed by atoms with Gasteiger partial charge in [-0.2, -0.15) is 5.10 Å². The number of fused-ring (bicyclic) bond motifs is 2. The van der Waals surface area contributed by atoms with Gasteiger partial charge < -0.3 is 4.90 Å². The number of pyridine rings is 1. The monoisotopic (exact) mass is 436 g/mol. The lowest BCUT2D eigenvalue weighted by molar-refractivity contribution is 0.0990. The lowest BCUT2D eigenvalue weighted by Gasteiger charge is -2.19. The Bertz CT molecular complexity index is 1340. The molecule has 1 saturated carbocycles. The molecule has 2 aliphatic heterocycles. The van der Waals surface area contributed by atoms with Crippen LogP contribution in [0.25, 0.3) is 11.0 Å². The summed E-state index contributed by atoms with van der Waals surface area (Å²) in [4.78, 5) is 20.5. The molecule has 1 atom stereocenters. The van der Waals surface area contributed by atoms with Crippen LogP contribution in [0.4, 0.5) is 5.69 Å². The van der Waals surface area contributed by atoms with E-state index in [9.17, 15) is 13.2 Å². The first-order valence-electron chi connectivity index (χ1n) is 10.9. The van der Waals surface area contributed by atoms with Crippen LogP contribution in [0.2, 0.25) is 0 Å². The molecule has 3 aliphatic rings. The van der Waals surface area contributed by atoms with Crippen molar-refractivity contribution in [1.82, 2.24) is 14.8 Å². The predicted molar refractivity (Wildman–Crippen MR) is 118 cm³/mol. The van der Waals surface area contributed by atoms with Crippen molar-refractivity contribution in [3.05, 3.63) is 52.8 Å². The number of nitrogens with zero attached hydrogens (tertiary/aromatic N) is 4. The number of amides is 1. The van der Waals surface area contributed by atoms with Gasteiger partial charge in [0.05, 0.1) is 34.2 Å². The van der Waals surface area contributed by atoms with Gasteiger partial charge in [0.2, 0.25) is 0 Å². The minimum atomic E-state index is -3.05. The first-order chi connectivity index (χ1) is 14.9. The van der Waals surface area contributed by atoms with Crippen molar-refractivity contribution in [3.63, 3.8) is 0 Å². The maximum atomic E-state index is 13.8. The highest BCUT2D eigenvalue weighted by atomic mass is 32.2. The van der Waals surface area contributed by atoms with Crippen LogP contribution in [0.1, 0.15) is 58.5 Å². The molecule has 1 aromatic carbocycles. The van der Waals surface area contributed by atoms with Gasteiger partial charge in [-0.3, -0.25) is 4.79 Å². The van der Waals surface area contributed by atoms with Crippen LogP contribution in [0, 0.1) is 6.92 Å². The minimum Gasteiger partial charge on any atom is -0.308 e. The van der Waals surface area contributed by atoms with E-state index >= 15 is 0 Å². The molecule has 160 valence electrons. The lowest BCUT2D eigenvalue weighted by atomic mass is 10.1. The second-order valence-electron chi connectivity index (χ2n) is 8.99. The molecular weight excluding hydrogens is 412 g/mol. The number of aromatic nitrogens is 3. The van der Waals surface area contributed by atoms with Crippen molar-refractivity contribution in [3.8, 4) is 0 Å². The van der Waals surface area contributed by atoms with Crippen LogP contribution in [0.3, 0.4) is 0 Å². The SMILES string of the molecule is Cc1nn([C@@H]2CCS(=O)(=O)C2)c2nc(C3CC3)cc(C(=O)N3CCc4ccccc43)c12. The highest BCUT2D eigenvalue weighted by Crippen LogP contribution is 2.41. The van der Waals surface area contributed by atoms with Gasteiger partial charge in [0.1, 0.15) is 0 Å². The molecule has 0 bridgehead atoms. The molecule has 0 spiro atoms. The molecule has 6 rings (SSSR count). The van der Waals surface area contributed by atoms with Gasteiger partial charge in [-0.1, -0.05) is 18.2 Å². The van der Waals surface area contributed by atoms with Crippen LogP contribution in [-0.4, -0.2) is 47.1 Å². The number of aryl methyl sites for hydroxylation is 1. The Morgan fingerprint density at radius 2 is 1.97 bits per heavy atom. The van der Waals surface area contributed by atoms with E-state index in [1.54, 1.807) is 4.68 Å². The number of hydrogen-bond donors (Lipinski definition) is 0. The molecule has 1 saturated heterocycles. The summed E-state index contributed by atoms with van der Waals surface area (Å²) in [6, 6.07) is 9.77. The number of carbonyl (C=O) groups is 1. The van der Waals surface area contributed by atoms with Gasteiger partial charge in [0.25, 0.3) is 5.91 Å². The van der Waals surface area contributed by atoms with Gasteiger partial charge in [-0.15, -0.1) is 0 Å². The number of hydrogen-bond acceptors (Lipinski definition) is 5. The van der Waals surface area contributed by atoms with Gasteiger partial charge >= 0.3 is 0 Å². The van der Waals surface area contributed by atoms with Crippen molar-refractivity contribution in [2.24, 2.45) is 0 Å². The molecule has 3 aromatic rings. The van der Waals surface area contributed by atoms with E-state index in [1.165, 1.54) is 5.56 Å². The van der Waals surface area contributed by atoms with Crippen LogP contribution in [0.5, 0.6) is 0 Å². The number of benzene rings is 1. The smallest absolute Gasteiger partial charge is 0.259 e. The molecule has 0 N–H and O–H groups in total. The Labute approximate surface area is 181 Å². The third-order valence-electron chi connectivity index (χ3n) is 6.77. The summed E-state index contributed by atoms with van der Waals surface area (Å²) in [5.41, 5.74) is 5.09. The average Bonchev–Trinajstić information content (AvgIpc) is 3.30. The molecule has 4 heterocycles. The number of para-hydroxylation sites is 1. The second-order valence-corrected chi connectivity index (χ2v) is 11.2. The molecule has 2 fully saturated rings. The maximum absolute atomic E-state index is 13.8. The van der Waals surface area contributed by atoms with Crippen LogP contribution in [-0.2, 0) is 16.3 Å². The molecule has 1 amide bonds. The Hall–Kier alpha value is -2.74. The van der Waals surface area contributed by atoms with E-state index < -0.39 is 9.84 Å². The quantitative estimate of drug-likeness (QED) is 0.630. The lowest BCUT2D eigenvalue weighted by Crippen LogP contribution is -2.29. The summed E-state index contributed by atoms with van der Waals surface area (Å²) in [6.07, 6.45) is 3.54. The van der Waals surface area contributed by atoms with E-state index in [1.807, 2.05) is 36.1 Å². The van der Waals surface area contributed by atoms with E-state index in [0.717, 1.165) is 41.7 Å². The zero-order valence-corrected chi connectivity index (χ0v) is 18.2. The predicted octanol–water partition coefficient (Wildman–Crippen LogP) is 3.18. The van der Waals surface area contributed by atoms with E-state index in [4.69, 9.17) is 10.1 Å². The Morgan fingerprint density at radius 1 is 1.16 bits per heavy atom. The summed E-state index contributed by atoms with van der Waals surface area (Å²) in [6.45, 7) is 2.55. The zero-order chi connectivity index (χ0) is 21.3. The Kier molecular flexibility index (Phi) is 4.06. The van der Waals surface area contributed by atoms with Gasteiger partial charge in [-0.25, -0.2) is 18.1 Å². The molecule has 0 radical (unpaired) electrons. The summed E-state index contributed by atoms with van der Waals surface area (Å²) in [5.74, 6) is 0.608. The topological polar surface area (TPSA) is 85.2 Å². The first kappa shape index (κ1) is 19.0. The van der Waals surface area contributed by atoms with Crippen LogP contribution < -0.4 is 4.90 Å². The fraction of sp³-hybridized carbons (Fsp3) is 0.435. The van der Waals surface area contributed by atoms with E-state index in [2.05, 4.69) is 6.07 Å². The van der Waals surface area contributed by atoms with Gasteiger partial charge in [0, 0.05) is 23.8 Å². The van der Waals surface area contributed by atoms with Crippen molar-refractivity contribution >= 4 is 32.5 Å².